The highest BCUT2D eigenvalue weighted by molar-refractivity contribution is 9.10. The molecule has 9 nitrogen and oxygen atoms in total. The van der Waals surface area contributed by atoms with Crippen LogP contribution >= 0.6 is 15.9 Å². The van der Waals surface area contributed by atoms with Gasteiger partial charge in [0.1, 0.15) is 5.58 Å². The Balaban J connectivity index is 1.31. The largest absolute Gasteiger partial charge is 0.490 e. The number of ether oxygens (including phenoxy) is 2. The number of hydrogen-bond donors (Lipinski definition) is 1. The van der Waals surface area contributed by atoms with E-state index < -0.39 is 0 Å². The molecular formula is C33H25BrN4O5. The predicted molar refractivity (Wildman–Crippen MR) is 170 cm³/mol. The van der Waals surface area contributed by atoms with Crippen molar-refractivity contribution in [3.05, 3.63) is 117 Å². The van der Waals surface area contributed by atoms with Gasteiger partial charge in [-0.3, -0.25) is 9.59 Å². The molecular weight excluding hydrogens is 612 g/mol. The molecule has 2 aromatic heterocycles. The van der Waals surface area contributed by atoms with Crippen LogP contribution in [0.3, 0.4) is 0 Å². The summed E-state index contributed by atoms with van der Waals surface area (Å²) in [4.78, 5) is 30.7. The Bertz CT molecular complexity index is 2040. The fourth-order valence-electron chi connectivity index (χ4n) is 4.49. The number of carbonyl (C=O) groups is 1. The number of benzene rings is 4. The number of nitrogens with zero attached hydrogens (tertiary/aromatic N) is 3. The molecule has 0 atom stereocenters. The van der Waals surface area contributed by atoms with Gasteiger partial charge >= 0.3 is 0 Å². The van der Waals surface area contributed by atoms with Crippen LogP contribution in [0.2, 0.25) is 0 Å². The topological polar surface area (TPSA) is 108 Å². The van der Waals surface area contributed by atoms with Crippen molar-refractivity contribution in [2.75, 3.05) is 18.5 Å². The zero-order valence-electron chi connectivity index (χ0n) is 23.0. The molecule has 0 spiro atoms. The maximum absolute atomic E-state index is 13.6. The third kappa shape index (κ3) is 6.19. The molecule has 0 aliphatic heterocycles. The summed E-state index contributed by atoms with van der Waals surface area (Å²) in [5, 5.41) is 8.60. The highest BCUT2D eigenvalue weighted by Gasteiger charge is 2.17. The monoisotopic (exact) mass is 636 g/mol. The summed E-state index contributed by atoms with van der Waals surface area (Å²) >= 11 is 3.48. The van der Waals surface area contributed by atoms with Crippen molar-refractivity contribution in [3.8, 4) is 23.1 Å². The quantitative estimate of drug-likeness (QED) is 0.174. The number of aromatic nitrogens is 2. The van der Waals surface area contributed by atoms with Gasteiger partial charge in [0.25, 0.3) is 11.5 Å². The van der Waals surface area contributed by atoms with Gasteiger partial charge < -0.3 is 19.2 Å². The predicted octanol–water partition coefficient (Wildman–Crippen LogP) is 6.87. The van der Waals surface area contributed by atoms with Crippen LogP contribution in [0.4, 0.5) is 5.69 Å². The first-order chi connectivity index (χ1) is 21.0. The normalized spacial score (nSPS) is 11.3. The molecule has 6 rings (SSSR count). The van der Waals surface area contributed by atoms with Crippen LogP contribution in [0.1, 0.15) is 12.5 Å². The molecule has 0 fully saturated rings. The third-order valence-corrected chi connectivity index (χ3v) is 6.95. The Morgan fingerprint density at radius 2 is 1.79 bits per heavy atom. The minimum atomic E-state index is -0.340. The van der Waals surface area contributed by atoms with Crippen LogP contribution in [0.5, 0.6) is 11.5 Å². The number of anilines is 1. The van der Waals surface area contributed by atoms with Crippen molar-refractivity contribution in [2.24, 2.45) is 5.10 Å². The van der Waals surface area contributed by atoms with E-state index in [9.17, 15) is 9.59 Å². The van der Waals surface area contributed by atoms with Crippen LogP contribution < -0.4 is 20.3 Å². The van der Waals surface area contributed by atoms with Gasteiger partial charge in [-0.05, 0) is 79.2 Å². The van der Waals surface area contributed by atoms with Gasteiger partial charge in [-0.1, -0.05) is 46.3 Å². The second-order valence-corrected chi connectivity index (χ2v) is 10.4. The van der Waals surface area contributed by atoms with E-state index in [1.165, 1.54) is 10.9 Å². The molecule has 0 radical (unpaired) electrons. The Kier molecular flexibility index (Phi) is 8.01. The number of carbonyl (C=O) groups excluding carboxylic acids is 1. The van der Waals surface area contributed by atoms with Crippen LogP contribution in [0.25, 0.3) is 33.5 Å². The molecule has 0 saturated carbocycles. The molecule has 10 heteroatoms. The summed E-state index contributed by atoms with van der Waals surface area (Å²) in [7, 11) is 0. The second kappa shape index (κ2) is 12.3. The lowest BCUT2D eigenvalue weighted by molar-refractivity contribution is -0.118. The van der Waals surface area contributed by atoms with Gasteiger partial charge in [-0.2, -0.15) is 9.78 Å². The summed E-state index contributed by atoms with van der Waals surface area (Å²) < 4.78 is 19.7. The Morgan fingerprint density at radius 1 is 0.977 bits per heavy atom. The van der Waals surface area contributed by atoms with E-state index in [0.717, 1.165) is 9.86 Å². The zero-order chi connectivity index (χ0) is 29.8. The molecule has 214 valence electrons. The van der Waals surface area contributed by atoms with Gasteiger partial charge in [0.2, 0.25) is 5.82 Å². The molecule has 1 amide bonds. The van der Waals surface area contributed by atoms with E-state index in [0.29, 0.717) is 51.6 Å². The molecule has 4 aromatic carbocycles. The van der Waals surface area contributed by atoms with E-state index in [1.807, 2.05) is 55.5 Å². The molecule has 0 bridgehead atoms. The highest BCUT2D eigenvalue weighted by atomic mass is 79.9. The summed E-state index contributed by atoms with van der Waals surface area (Å²) in [6.07, 6.45) is 1.54. The molecule has 0 aliphatic carbocycles. The van der Waals surface area contributed by atoms with Crippen LogP contribution in [0.15, 0.2) is 116 Å². The molecule has 0 unspecified atom stereocenters. The van der Waals surface area contributed by atoms with Crippen LogP contribution in [-0.2, 0) is 4.79 Å². The lowest BCUT2D eigenvalue weighted by Crippen LogP contribution is -2.20. The highest BCUT2D eigenvalue weighted by Crippen LogP contribution is 2.30. The number of rotatable bonds is 9. The molecule has 6 aromatic rings. The van der Waals surface area contributed by atoms with Crippen molar-refractivity contribution < 1.29 is 18.7 Å². The van der Waals surface area contributed by atoms with Crippen LogP contribution in [-0.4, -0.2) is 35.0 Å². The van der Waals surface area contributed by atoms with E-state index in [-0.39, 0.29) is 23.9 Å². The van der Waals surface area contributed by atoms with E-state index >= 15 is 0 Å². The number of furan rings is 1. The van der Waals surface area contributed by atoms with Crippen molar-refractivity contribution in [1.29, 1.82) is 0 Å². The third-order valence-electron chi connectivity index (χ3n) is 6.46. The Labute approximate surface area is 254 Å². The number of hydrogen-bond acceptors (Lipinski definition) is 7. The van der Waals surface area contributed by atoms with Gasteiger partial charge in [-0.15, -0.1) is 0 Å². The first-order valence-corrected chi connectivity index (χ1v) is 14.3. The summed E-state index contributed by atoms with van der Waals surface area (Å²) in [6.45, 7) is 2.04. The number of halogens is 1. The Morgan fingerprint density at radius 3 is 2.63 bits per heavy atom. The maximum Gasteiger partial charge on any atom is 0.282 e. The number of nitrogens with one attached hydrogen (secondary N) is 1. The van der Waals surface area contributed by atoms with Crippen molar-refractivity contribution >= 4 is 55.6 Å². The maximum atomic E-state index is 13.6. The van der Waals surface area contributed by atoms with E-state index in [1.54, 1.807) is 48.5 Å². The first kappa shape index (κ1) is 27.9. The smallest absolute Gasteiger partial charge is 0.282 e. The zero-order valence-corrected chi connectivity index (χ0v) is 24.6. The molecule has 0 aliphatic rings. The summed E-state index contributed by atoms with van der Waals surface area (Å²) in [5.41, 5.74) is 2.18. The van der Waals surface area contributed by atoms with E-state index in [2.05, 4.69) is 26.3 Å². The van der Waals surface area contributed by atoms with E-state index in [4.69, 9.17) is 18.9 Å². The lowest BCUT2D eigenvalue weighted by atomic mass is 10.2. The first-order valence-electron chi connectivity index (χ1n) is 13.5. The number of amides is 1. The lowest BCUT2D eigenvalue weighted by Gasteiger charge is -2.13. The molecule has 43 heavy (non-hydrogen) atoms. The molecule has 1 N–H and O–H groups in total. The van der Waals surface area contributed by atoms with Gasteiger partial charge in [-0.25, -0.2) is 4.98 Å². The number of para-hydroxylation sites is 2. The van der Waals surface area contributed by atoms with Crippen molar-refractivity contribution in [2.45, 2.75) is 6.92 Å². The Hall–Kier alpha value is -5.22. The second-order valence-electron chi connectivity index (χ2n) is 9.45. The standard InChI is InChI=1S/C33H25BrN4O5/c1-2-41-29-16-21(12-14-28(29)42-20-31(39)36-24-8-4-3-5-9-24)19-35-38-32(37-26-11-7-6-10-25(26)33(38)40)30-18-22-17-23(34)13-15-27(22)43-30/h3-19H,2,20H2,1H3,(H,36,39). The number of fused-ring (bicyclic) bond motifs is 2. The minimum absolute atomic E-state index is 0.196. The molecule has 2 heterocycles. The molecule has 0 saturated heterocycles. The van der Waals surface area contributed by atoms with Gasteiger partial charge in [0.05, 0.1) is 23.7 Å². The average Bonchev–Trinajstić information content (AvgIpc) is 3.44. The fourth-order valence-corrected chi connectivity index (χ4v) is 4.87. The van der Waals surface area contributed by atoms with Gasteiger partial charge in [0, 0.05) is 15.5 Å². The van der Waals surface area contributed by atoms with Gasteiger partial charge in [0.15, 0.2) is 23.9 Å². The summed E-state index contributed by atoms with van der Waals surface area (Å²) in [5.74, 6) is 1.21. The fraction of sp³-hybridized carbons (Fsp3) is 0.0909. The van der Waals surface area contributed by atoms with Crippen molar-refractivity contribution in [3.63, 3.8) is 0 Å². The SMILES string of the molecule is CCOc1cc(C=Nn2c(-c3cc4cc(Br)ccc4o3)nc3ccccc3c2=O)ccc1OCC(=O)Nc1ccccc1. The van der Waals surface area contributed by atoms with Crippen LogP contribution in [0, 0.1) is 0 Å². The van der Waals surface area contributed by atoms with Crippen molar-refractivity contribution in [1.82, 2.24) is 9.66 Å². The minimum Gasteiger partial charge on any atom is -0.490 e. The summed E-state index contributed by atoms with van der Waals surface area (Å²) in [6, 6.07) is 28.9. The average molecular weight is 637 g/mol.